The van der Waals surface area contributed by atoms with Gasteiger partial charge in [0.2, 0.25) is 17.7 Å². The van der Waals surface area contributed by atoms with Gasteiger partial charge in [0.05, 0.1) is 6.61 Å². The van der Waals surface area contributed by atoms with Crippen LogP contribution in [0.4, 0.5) is 0 Å². The summed E-state index contributed by atoms with van der Waals surface area (Å²) in [5.41, 5.74) is 5.72. The molecule has 1 rings (SSSR count). The molecule has 0 aliphatic rings. The van der Waals surface area contributed by atoms with Gasteiger partial charge in [-0.3, -0.25) is 25.2 Å². The summed E-state index contributed by atoms with van der Waals surface area (Å²) in [4.78, 5) is 37.7. The molecule has 0 bridgehead atoms. The quantitative estimate of drug-likeness (QED) is 0.361. The predicted octanol–water partition coefficient (Wildman–Crippen LogP) is 3.77. The Kier molecular flexibility index (Phi) is 12.6. The molecule has 0 saturated carbocycles. The van der Waals surface area contributed by atoms with Crippen molar-refractivity contribution in [1.82, 2.24) is 15.8 Å². The number of halogens is 1. The smallest absolute Gasteiger partial charge is 0.238 e. The number of nitrogens with zero attached hydrogens (tertiary/aromatic N) is 1. The molecule has 0 aliphatic heterocycles. The second kappa shape index (κ2) is 14.7. The SMILES string of the molecule is CCCN(CCC)C(=O)CCCC(=O)NNC(=O)CCCOc1ccc(Cl)cc1C. The maximum Gasteiger partial charge on any atom is 0.238 e. The fourth-order valence-electron chi connectivity index (χ4n) is 2.91. The number of benzene rings is 1. The first-order valence-electron chi connectivity index (χ1n) is 10.6. The van der Waals surface area contributed by atoms with Gasteiger partial charge in [-0.2, -0.15) is 0 Å². The van der Waals surface area contributed by atoms with Crippen molar-refractivity contribution in [3.63, 3.8) is 0 Å². The van der Waals surface area contributed by atoms with Crippen LogP contribution < -0.4 is 15.6 Å². The molecule has 0 aliphatic carbocycles. The van der Waals surface area contributed by atoms with Gasteiger partial charge in [0.1, 0.15) is 5.75 Å². The van der Waals surface area contributed by atoms with Crippen LogP contribution in [0.1, 0.15) is 64.4 Å². The van der Waals surface area contributed by atoms with Gasteiger partial charge in [0, 0.05) is 37.4 Å². The molecule has 8 heteroatoms. The molecule has 0 fully saturated rings. The summed E-state index contributed by atoms with van der Waals surface area (Å²) in [7, 11) is 0. The van der Waals surface area contributed by atoms with Crippen molar-refractivity contribution in [2.75, 3.05) is 19.7 Å². The highest BCUT2D eigenvalue weighted by Gasteiger charge is 2.12. The summed E-state index contributed by atoms with van der Waals surface area (Å²) in [5, 5.41) is 0.651. The van der Waals surface area contributed by atoms with Gasteiger partial charge >= 0.3 is 0 Å². The predicted molar refractivity (Wildman–Crippen MR) is 118 cm³/mol. The van der Waals surface area contributed by atoms with E-state index in [0.717, 1.165) is 37.2 Å². The molecule has 1 aromatic carbocycles. The summed E-state index contributed by atoms with van der Waals surface area (Å²) in [6, 6.07) is 5.37. The zero-order chi connectivity index (χ0) is 22.4. The fourth-order valence-corrected chi connectivity index (χ4v) is 3.14. The number of hydrogen-bond donors (Lipinski definition) is 2. The minimum absolute atomic E-state index is 0.0754. The van der Waals surface area contributed by atoms with Gasteiger partial charge in [-0.15, -0.1) is 0 Å². The van der Waals surface area contributed by atoms with Crippen LogP contribution in [0.3, 0.4) is 0 Å². The molecular formula is C22H34ClN3O4. The second-order valence-electron chi connectivity index (χ2n) is 7.19. The van der Waals surface area contributed by atoms with Crippen molar-refractivity contribution in [3.8, 4) is 5.75 Å². The molecule has 0 aromatic heterocycles. The summed E-state index contributed by atoms with van der Waals surface area (Å²) < 4.78 is 5.64. The Morgan fingerprint density at radius 1 is 0.967 bits per heavy atom. The number of carbonyl (C=O) groups excluding carboxylic acids is 3. The van der Waals surface area contributed by atoms with Crippen molar-refractivity contribution in [2.24, 2.45) is 0 Å². The van der Waals surface area contributed by atoms with E-state index < -0.39 is 0 Å². The lowest BCUT2D eigenvalue weighted by molar-refractivity contribution is -0.132. The number of ether oxygens (including phenoxy) is 1. The molecule has 0 unspecified atom stereocenters. The van der Waals surface area contributed by atoms with E-state index in [9.17, 15) is 14.4 Å². The number of hydrazine groups is 1. The first kappa shape index (κ1) is 25.8. The zero-order valence-corrected chi connectivity index (χ0v) is 19.0. The third kappa shape index (κ3) is 10.5. The number of nitrogens with one attached hydrogen (secondary N) is 2. The number of aryl methyl sites for hydroxylation is 1. The molecule has 0 spiro atoms. The van der Waals surface area contributed by atoms with Crippen LogP contribution >= 0.6 is 11.6 Å². The van der Waals surface area contributed by atoms with Crippen molar-refractivity contribution >= 4 is 29.3 Å². The van der Waals surface area contributed by atoms with E-state index in [-0.39, 0.29) is 30.6 Å². The molecule has 0 radical (unpaired) electrons. The first-order chi connectivity index (χ1) is 14.4. The van der Waals surface area contributed by atoms with E-state index >= 15 is 0 Å². The standard InChI is InChI=1S/C22H34ClN3O4/c1-4-13-26(14-5-2)22(29)10-6-8-20(27)24-25-21(28)9-7-15-30-19-12-11-18(23)16-17(19)3/h11-12,16H,4-10,13-15H2,1-3H3,(H,24,27)(H,25,28). The number of amides is 3. The Hall–Kier alpha value is -2.28. The average molecular weight is 440 g/mol. The van der Waals surface area contributed by atoms with E-state index in [1.165, 1.54) is 0 Å². The van der Waals surface area contributed by atoms with Gasteiger partial charge in [-0.1, -0.05) is 25.4 Å². The Labute approximate surface area is 184 Å². The topological polar surface area (TPSA) is 87.7 Å². The monoisotopic (exact) mass is 439 g/mol. The summed E-state index contributed by atoms with van der Waals surface area (Å²) in [5.74, 6) is 0.222. The Balaban J connectivity index is 2.15. The van der Waals surface area contributed by atoms with Crippen molar-refractivity contribution in [1.29, 1.82) is 0 Å². The van der Waals surface area contributed by atoms with Crippen molar-refractivity contribution < 1.29 is 19.1 Å². The van der Waals surface area contributed by atoms with Crippen LogP contribution in [0.15, 0.2) is 18.2 Å². The minimum Gasteiger partial charge on any atom is -0.493 e. The normalized spacial score (nSPS) is 10.4. The zero-order valence-electron chi connectivity index (χ0n) is 18.3. The third-order valence-corrected chi connectivity index (χ3v) is 4.65. The molecule has 0 heterocycles. The number of rotatable bonds is 13. The fraction of sp³-hybridized carbons (Fsp3) is 0.591. The highest BCUT2D eigenvalue weighted by Crippen LogP contribution is 2.21. The largest absolute Gasteiger partial charge is 0.493 e. The molecule has 0 atom stereocenters. The van der Waals surface area contributed by atoms with E-state index in [1.54, 1.807) is 12.1 Å². The third-order valence-electron chi connectivity index (χ3n) is 4.42. The van der Waals surface area contributed by atoms with Crippen LogP contribution in [0.2, 0.25) is 5.02 Å². The summed E-state index contributed by atoms with van der Waals surface area (Å²) in [6.45, 7) is 7.86. The maximum atomic E-state index is 12.2. The van der Waals surface area contributed by atoms with E-state index in [4.69, 9.17) is 16.3 Å². The van der Waals surface area contributed by atoms with Crippen molar-refractivity contribution in [3.05, 3.63) is 28.8 Å². The highest BCUT2D eigenvalue weighted by atomic mass is 35.5. The Bertz CT molecular complexity index is 691. The van der Waals surface area contributed by atoms with Gasteiger partial charge in [0.15, 0.2) is 0 Å². The maximum absolute atomic E-state index is 12.2. The molecule has 168 valence electrons. The van der Waals surface area contributed by atoms with Gasteiger partial charge in [-0.25, -0.2) is 0 Å². The van der Waals surface area contributed by atoms with E-state index in [1.807, 2.05) is 31.7 Å². The van der Waals surface area contributed by atoms with Crippen LogP contribution in [-0.4, -0.2) is 42.3 Å². The van der Waals surface area contributed by atoms with Crippen molar-refractivity contribution in [2.45, 2.75) is 65.7 Å². The molecule has 7 nitrogen and oxygen atoms in total. The summed E-state index contributed by atoms with van der Waals surface area (Å²) >= 11 is 5.90. The highest BCUT2D eigenvalue weighted by molar-refractivity contribution is 6.30. The minimum atomic E-state index is -0.304. The van der Waals surface area contributed by atoms with Crippen LogP contribution in [-0.2, 0) is 14.4 Å². The number of carbonyl (C=O) groups is 3. The number of hydrogen-bond acceptors (Lipinski definition) is 4. The Morgan fingerprint density at radius 2 is 1.57 bits per heavy atom. The molecule has 0 saturated heterocycles. The molecule has 1 aromatic rings. The van der Waals surface area contributed by atoms with Crippen LogP contribution in [0.5, 0.6) is 5.75 Å². The first-order valence-corrected chi connectivity index (χ1v) is 11.0. The van der Waals surface area contributed by atoms with Gasteiger partial charge in [0.25, 0.3) is 0 Å². The average Bonchev–Trinajstić information content (AvgIpc) is 2.70. The molecule has 30 heavy (non-hydrogen) atoms. The lowest BCUT2D eigenvalue weighted by Crippen LogP contribution is -2.41. The molecule has 3 amide bonds. The van der Waals surface area contributed by atoms with Gasteiger partial charge in [-0.05, 0) is 56.4 Å². The van der Waals surface area contributed by atoms with E-state index in [2.05, 4.69) is 10.9 Å². The Morgan fingerprint density at radius 3 is 2.13 bits per heavy atom. The molecule has 2 N–H and O–H groups in total. The second-order valence-corrected chi connectivity index (χ2v) is 7.63. The molecular weight excluding hydrogens is 406 g/mol. The lowest BCUT2D eigenvalue weighted by Gasteiger charge is -2.21. The van der Waals surface area contributed by atoms with Gasteiger partial charge < -0.3 is 9.64 Å². The lowest BCUT2D eigenvalue weighted by atomic mass is 10.2. The van der Waals surface area contributed by atoms with Crippen LogP contribution in [0.25, 0.3) is 0 Å². The van der Waals surface area contributed by atoms with E-state index in [0.29, 0.717) is 30.9 Å². The summed E-state index contributed by atoms with van der Waals surface area (Å²) in [6.07, 6.45) is 3.57. The van der Waals surface area contributed by atoms with Crippen LogP contribution in [0, 0.1) is 6.92 Å².